The van der Waals surface area contributed by atoms with E-state index in [2.05, 4.69) is 27.5 Å². The number of carbonyl (C=O) groups is 1. The second-order valence-electron chi connectivity index (χ2n) is 5.92. The van der Waals surface area contributed by atoms with Gasteiger partial charge in [0.15, 0.2) is 0 Å². The quantitative estimate of drug-likeness (QED) is 0.886. The predicted octanol–water partition coefficient (Wildman–Crippen LogP) is 2.38. The monoisotopic (exact) mass is 287 g/mol. The molecule has 2 heterocycles. The fraction of sp³-hybridized carbons (Fsp3) is 0.533. The molecule has 3 rings (SSSR count). The molecule has 1 aliphatic rings. The average Bonchev–Trinajstić information content (AvgIpc) is 3.13. The maximum atomic E-state index is 12.1. The van der Waals surface area contributed by atoms with Crippen LogP contribution in [-0.2, 0) is 11.2 Å². The molecule has 1 aliphatic carbocycles. The number of aromatic nitrogens is 4. The van der Waals surface area contributed by atoms with Gasteiger partial charge < -0.3 is 5.32 Å². The molecular weight excluding hydrogens is 266 g/mol. The van der Waals surface area contributed by atoms with Crippen LogP contribution in [0.4, 0.5) is 5.69 Å². The number of aryl methyl sites for hydroxylation is 2. The van der Waals surface area contributed by atoms with Crippen LogP contribution in [0, 0.1) is 19.8 Å². The highest BCUT2D eigenvalue weighted by Crippen LogP contribution is 2.39. The Morgan fingerprint density at radius 1 is 1.52 bits per heavy atom. The summed E-state index contributed by atoms with van der Waals surface area (Å²) in [6.45, 7) is 6.01. The van der Waals surface area contributed by atoms with Crippen LogP contribution in [0.5, 0.6) is 0 Å². The number of nitrogens with zero attached hydrogens (tertiary/aromatic N) is 3. The summed E-state index contributed by atoms with van der Waals surface area (Å²) < 4.78 is 1.95. The highest BCUT2D eigenvalue weighted by Gasteiger charge is 2.29. The Bertz CT molecular complexity index is 633. The van der Waals surface area contributed by atoms with Crippen molar-refractivity contribution in [1.82, 2.24) is 20.0 Å². The minimum Gasteiger partial charge on any atom is -0.323 e. The first kappa shape index (κ1) is 13.9. The molecule has 2 aromatic rings. The van der Waals surface area contributed by atoms with Gasteiger partial charge in [0, 0.05) is 17.5 Å². The third kappa shape index (κ3) is 2.99. The van der Waals surface area contributed by atoms with Gasteiger partial charge in [-0.25, -0.2) is 0 Å². The molecule has 21 heavy (non-hydrogen) atoms. The number of amides is 1. The average molecular weight is 287 g/mol. The van der Waals surface area contributed by atoms with Crippen molar-refractivity contribution in [2.45, 2.75) is 46.1 Å². The largest absolute Gasteiger partial charge is 0.323 e. The van der Waals surface area contributed by atoms with Crippen molar-refractivity contribution >= 4 is 11.6 Å². The first-order valence-electron chi connectivity index (χ1n) is 7.39. The smallest absolute Gasteiger partial charge is 0.229 e. The number of rotatable bonds is 5. The lowest BCUT2D eigenvalue weighted by Crippen LogP contribution is -2.15. The third-order valence-corrected chi connectivity index (χ3v) is 4.22. The Hall–Kier alpha value is -2.11. The minimum absolute atomic E-state index is 0.0405. The van der Waals surface area contributed by atoms with Gasteiger partial charge in [-0.05, 0) is 39.5 Å². The van der Waals surface area contributed by atoms with Crippen molar-refractivity contribution < 1.29 is 4.79 Å². The van der Waals surface area contributed by atoms with E-state index in [-0.39, 0.29) is 5.91 Å². The number of hydrogen-bond acceptors (Lipinski definition) is 3. The Kier molecular flexibility index (Phi) is 3.53. The van der Waals surface area contributed by atoms with Crippen LogP contribution in [0.15, 0.2) is 12.4 Å². The summed E-state index contributed by atoms with van der Waals surface area (Å²) in [6.07, 6.45) is 6.52. The van der Waals surface area contributed by atoms with Crippen LogP contribution in [-0.4, -0.2) is 25.9 Å². The first-order valence-corrected chi connectivity index (χ1v) is 7.39. The zero-order valence-electron chi connectivity index (χ0n) is 12.7. The molecule has 6 nitrogen and oxygen atoms in total. The number of H-pyrrole nitrogens is 1. The molecule has 0 spiro atoms. The van der Waals surface area contributed by atoms with Crippen LogP contribution in [0.2, 0.25) is 0 Å². The van der Waals surface area contributed by atoms with Gasteiger partial charge in [-0.15, -0.1) is 0 Å². The summed E-state index contributed by atoms with van der Waals surface area (Å²) >= 11 is 0. The van der Waals surface area contributed by atoms with Crippen LogP contribution in [0.25, 0.3) is 0 Å². The van der Waals surface area contributed by atoms with Gasteiger partial charge in [0.25, 0.3) is 0 Å². The molecule has 2 aromatic heterocycles. The maximum absolute atomic E-state index is 12.1. The summed E-state index contributed by atoms with van der Waals surface area (Å²) in [4.78, 5) is 12.1. The molecule has 1 amide bonds. The van der Waals surface area contributed by atoms with E-state index in [9.17, 15) is 4.79 Å². The van der Waals surface area contributed by atoms with Crippen molar-refractivity contribution in [3.63, 3.8) is 0 Å². The second kappa shape index (κ2) is 5.35. The van der Waals surface area contributed by atoms with Gasteiger partial charge in [0.1, 0.15) is 0 Å². The van der Waals surface area contributed by atoms with Crippen LogP contribution in [0.1, 0.15) is 42.8 Å². The van der Waals surface area contributed by atoms with Crippen molar-refractivity contribution in [1.29, 1.82) is 0 Å². The molecule has 1 unspecified atom stereocenters. The molecule has 0 bridgehead atoms. The number of hydrogen-bond donors (Lipinski definition) is 2. The zero-order chi connectivity index (χ0) is 15.0. The Labute approximate surface area is 123 Å². The van der Waals surface area contributed by atoms with Crippen molar-refractivity contribution in [2.24, 2.45) is 5.92 Å². The van der Waals surface area contributed by atoms with E-state index in [1.54, 1.807) is 6.20 Å². The Balaban J connectivity index is 1.62. The number of carbonyl (C=O) groups excluding carboxylic acids is 1. The van der Waals surface area contributed by atoms with Gasteiger partial charge in [-0.2, -0.15) is 10.2 Å². The first-order chi connectivity index (χ1) is 10.0. The fourth-order valence-electron chi connectivity index (χ4n) is 2.62. The molecule has 0 aliphatic heterocycles. The van der Waals surface area contributed by atoms with Crippen molar-refractivity contribution in [3.8, 4) is 0 Å². The maximum Gasteiger partial charge on any atom is 0.229 e. The highest BCUT2D eigenvalue weighted by atomic mass is 16.1. The topological polar surface area (TPSA) is 75.6 Å². The molecule has 1 fully saturated rings. The summed E-state index contributed by atoms with van der Waals surface area (Å²) in [5.74, 6) is 0.700. The molecule has 0 aromatic carbocycles. The molecule has 112 valence electrons. The van der Waals surface area contributed by atoms with Gasteiger partial charge in [-0.1, -0.05) is 0 Å². The Morgan fingerprint density at radius 3 is 2.90 bits per heavy atom. The lowest BCUT2D eigenvalue weighted by molar-refractivity contribution is -0.115. The summed E-state index contributed by atoms with van der Waals surface area (Å²) in [5.41, 5.74) is 3.54. The van der Waals surface area contributed by atoms with Gasteiger partial charge in [0.05, 0.1) is 30.0 Å². The van der Waals surface area contributed by atoms with E-state index in [1.165, 1.54) is 12.8 Å². The van der Waals surface area contributed by atoms with E-state index in [1.807, 2.05) is 24.7 Å². The van der Waals surface area contributed by atoms with E-state index in [4.69, 9.17) is 0 Å². The molecule has 0 saturated heterocycles. The molecule has 1 saturated carbocycles. The standard InChI is InChI=1S/C15H21N5O/c1-9-14(10(2)19-18-9)6-15(21)17-13-7-16-20(8-13)11(3)12-4-5-12/h7-8,11-12H,4-6H2,1-3H3,(H,17,21)(H,18,19). The van der Waals surface area contributed by atoms with E-state index in [0.29, 0.717) is 12.5 Å². The lowest BCUT2D eigenvalue weighted by atomic mass is 10.1. The van der Waals surface area contributed by atoms with Gasteiger partial charge >= 0.3 is 0 Å². The SMILES string of the molecule is Cc1n[nH]c(C)c1CC(=O)Nc1cnn(C(C)C2CC2)c1. The van der Waals surface area contributed by atoms with Crippen LogP contribution >= 0.6 is 0 Å². The van der Waals surface area contributed by atoms with Crippen molar-refractivity contribution in [2.75, 3.05) is 5.32 Å². The van der Waals surface area contributed by atoms with Gasteiger partial charge in [0.2, 0.25) is 5.91 Å². The Morgan fingerprint density at radius 2 is 2.29 bits per heavy atom. The minimum atomic E-state index is -0.0405. The van der Waals surface area contributed by atoms with E-state index in [0.717, 1.165) is 28.6 Å². The summed E-state index contributed by atoms with van der Waals surface area (Å²) in [5, 5.41) is 14.3. The highest BCUT2D eigenvalue weighted by molar-refractivity contribution is 5.92. The predicted molar refractivity (Wildman–Crippen MR) is 80.1 cm³/mol. The molecule has 6 heteroatoms. The van der Waals surface area contributed by atoms with Gasteiger partial charge in [-0.3, -0.25) is 14.6 Å². The number of aromatic amines is 1. The molecule has 0 radical (unpaired) electrons. The van der Waals surface area contributed by atoms with E-state index >= 15 is 0 Å². The zero-order valence-corrected chi connectivity index (χ0v) is 12.7. The van der Waals surface area contributed by atoms with Crippen LogP contribution in [0.3, 0.4) is 0 Å². The number of nitrogens with one attached hydrogen (secondary N) is 2. The summed E-state index contributed by atoms with van der Waals surface area (Å²) in [7, 11) is 0. The third-order valence-electron chi connectivity index (χ3n) is 4.22. The van der Waals surface area contributed by atoms with Crippen molar-refractivity contribution in [3.05, 3.63) is 29.3 Å². The normalized spacial score (nSPS) is 16.0. The number of anilines is 1. The molecule has 1 atom stereocenters. The summed E-state index contributed by atoms with van der Waals surface area (Å²) in [6, 6.07) is 0.411. The molecule has 2 N–H and O–H groups in total. The molecular formula is C15H21N5O. The lowest BCUT2D eigenvalue weighted by Gasteiger charge is -2.09. The van der Waals surface area contributed by atoms with Crippen LogP contribution < -0.4 is 5.32 Å². The fourth-order valence-corrected chi connectivity index (χ4v) is 2.62. The second-order valence-corrected chi connectivity index (χ2v) is 5.92. The van der Waals surface area contributed by atoms with E-state index < -0.39 is 0 Å².